The van der Waals surface area contributed by atoms with E-state index in [0.717, 1.165) is 5.56 Å². The highest BCUT2D eigenvalue weighted by Crippen LogP contribution is 2.31. The molecule has 3 heteroatoms. The van der Waals surface area contributed by atoms with E-state index in [0.29, 0.717) is 12.8 Å². The van der Waals surface area contributed by atoms with Gasteiger partial charge in [0.25, 0.3) is 0 Å². The third-order valence-corrected chi connectivity index (χ3v) is 2.11. The lowest BCUT2D eigenvalue weighted by molar-refractivity contribution is 0.0980. The van der Waals surface area contributed by atoms with Gasteiger partial charge in [-0.05, 0) is 31.0 Å². The quantitative estimate of drug-likeness (QED) is 0.452. The first-order chi connectivity index (χ1) is 7.06. The minimum Gasteiger partial charge on any atom is -0.504 e. The Labute approximate surface area is 88.7 Å². The fourth-order valence-corrected chi connectivity index (χ4v) is 1.34. The molecule has 80 valence electrons. The van der Waals surface area contributed by atoms with E-state index in [1.165, 1.54) is 6.07 Å². The second kappa shape index (κ2) is 4.64. The van der Waals surface area contributed by atoms with Crippen molar-refractivity contribution in [1.82, 2.24) is 0 Å². The van der Waals surface area contributed by atoms with E-state index in [1.807, 2.05) is 0 Å². The zero-order valence-electron chi connectivity index (χ0n) is 8.66. The van der Waals surface area contributed by atoms with Crippen molar-refractivity contribution >= 4 is 5.78 Å². The number of ketones is 1. The Morgan fingerprint density at radius 2 is 2.13 bits per heavy atom. The number of benzene rings is 1. The summed E-state index contributed by atoms with van der Waals surface area (Å²) in [6.07, 6.45) is 2.50. The van der Waals surface area contributed by atoms with Crippen LogP contribution in [-0.4, -0.2) is 16.0 Å². The molecule has 2 N–H and O–H groups in total. The largest absolute Gasteiger partial charge is 0.504 e. The number of carbonyl (C=O) groups excluding carboxylic acids is 1. The Hall–Kier alpha value is -1.77. The summed E-state index contributed by atoms with van der Waals surface area (Å²) < 4.78 is 0. The number of allylic oxidation sites excluding steroid dienone is 1. The molecular formula is C12H14O3. The molecule has 0 amide bonds. The van der Waals surface area contributed by atoms with E-state index < -0.39 is 0 Å². The molecule has 0 heterocycles. The molecule has 15 heavy (non-hydrogen) atoms. The molecule has 1 aromatic carbocycles. The van der Waals surface area contributed by atoms with Crippen LogP contribution in [0.3, 0.4) is 0 Å². The maximum absolute atomic E-state index is 11.6. The first-order valence-corrected chi connectivity index (χ1v) is 4.73. The highest BCUT2D eigenvalue weighted by atomic mass is 16.3. The number of rotatable bonds is 4. The van der Waals surface area contributed by atoms with E-state index in [9.17, 15) is 15.0 Å². The molecule has 3 nitrogen and oxygen atoms in total. The number of Topliss-reactive ketones (excluding diaryl/α,β-unsaturated/α-hetero) is 1. The molecule has 0 aliphatic rings. The summed E-state index contributed by atoms with van der Waals surface area (Å²) >= 11 is 0. The second-order valence-corrected chi connectivity index (χ2v) is 3.43. The lowest BCUT2D eigenvalue weighted by Crippen LogP contribution is -1.99. The van der Waals surface area contributed by atoms with Crippen LogP contribution in [0.5, 0.6) is 11.5 Å². The van der Waals surface area contributed by atoms with E-state index in [4.69, 9.17) is 0 Å². The summed E-state index contributed by atoms with van der Waals surface area (Å²) in [6.45, 7) is 5.27. The van der Waals surface area contributed by atoms with Gasteiger partial charge in [-0.3, -0.25) is 4.79 Å². The summed E-state index contributed by atoms with van der Waals surface area (Å²) in [4.78, 5) is 11.6. The summed E-state index contributed by atoms with van der Waals surface area (Å²) in [5.74, 6) is -0.780. The lowest BCUT2D eigenvalue weighted by Gasteiger charge is -2.06. The minimum absolute atomic E-state index is 0.175. The topological polar surface area (TPSA) is 57.5 Å². The molecule has 0 aromatic heterocycles. The molecular weight excluding hydrogens is 192 g/mol. The third-order valence-electron chi connectivity index (χ3n) is 2.11. The van der Waals surface area contributed by atoms with Crippen LogP contribution < -0.4 is 0 Å². The Bertz CT molecular complexity index is 394. The van der Waals surface area contributed by atoms with Crippen LogP contribution in [0, 0.1) is 6.92 Å². The van der Waals surface area contributed by atoms with Gasteiger partial charge in [0.15, 0.2) is 17.3 Å². The van der Waals surface area contributed by atoms with Crippen LogP contribution in [0.1, 0.15) is 28.8 Å². The highest BCUT2D eigenvalue weighted by Gasteiger charge is 2.14. The Kier molecular flexibility index (Phi) is 3.50. The molecule has 0 unspecified atom stereocenters. The Morgan fingerprint density at radius 3 is 2.73 bits per heavy atom. The standard InChI is InChI=1S/C12H14O3/c1-3-4-5-10(13)9-6-8(2)7-11(14)12(9)15/h3,6-7,14-15H,1,4-5H2,2H3. The van der Waals surface area contributed by atoms with E-state index >= 15 is 0 Å². The Morgan fingerprint density at radius 1 is 1.47 bits per heavy atom. The summed E-state index contributed by atoms with van der Waals surface area (Å²) in [6, 6.07) is 2.99. The second-order valence-electron chi connectivity index (χ2n) is 3.43. The molecule has 1 rings (SSSR count). The van der Waals surface area contributed by atoms with Crippen molar-refractivity contribution in [3.63, 3.8) is 0 Å². The van der Waals surface area contributed by atoms with E-state index in [1.54, 1.807) is 19.1 Å². The summed E-state index contributed by atoms with van der Waals surface area (Å²) in [5.41, 5.74) is 0.918. The van der Waals surface area contributed by atoms with Crippen LogP contribution in [0.2, 0.25) is 0 Å². The lowest BCUT2D eigenvalue weighted by atomic mass is 10.0. The number of hydrogen-bond donors (Lipinski definition) is 2. The average molecular weight is 206 g/mol. The number of phenolic OH excluding ortho intramolecular Hbond substituents is 2. The van der Waals surface area contributed by atoms with Crippen LogP contribution in [0.25, 0.3) is 0 Å². The van der Waals surface area contributed by atoms with Crippen molar-refractivity contribution in [3.8, 4) is 11.5 Å². The maximum atomic E-state index is 11.6. The van der Waals surface area contributed by atoms with Gasteiger partial charge in [-0.2, -0.15) is 0 Å². The monoisotopic (exact) mass is 206 g/mol. The highest BCUT2D eigenvalue weighted by molar-refractivity contribution is 5.99. The van der Waals surface area contributed by atoms with E-state index in [2.05, 4.69) is 6.58 Å². The molecule has 0 fully saturated rings. The summed E-state index contributed by atoms with van der Waals surface area (Å²) in [7, 11) is 0. The number of hydrogen-bond acceptors (Lipinski definition) is 3. The SMILES string of the molecule is C=CCCC(=O)c1cc(C)cc(O)c1O. The van der Waals surface area contributed by atoms with Crippen molar-refractivity contribution in [1.29, 1.82) is 0 Å². The zero-order valence-corrected chi connectivity index (χ0v) is 8.66. The van der Waals surface area contributed by atoms with Gasteiger partial charge < -0.3 is 10.2 Å². The zero-order chi connectivity index (χ0) is 11.4. The van der Waals surface area contributed by atoms with Gasteiger partial charge >= 0.3 is 0 Å². The normalized spacial score (nSPS) is 9.93. The first-order valence-electron chi connectivity index (χ1n) is 4.73. The molecule has 1 aromatic rings. The number of phenols is 2. The van der Waals surface area contributed by atoms with Gasteiger partial charge in [-0.15, -0.1) is 6.58 Å². The van der Waals surface area contributed by atoms with Crippen LogP contribution in [-0.2, 0) is 0 Å². The minimum atomic E-state index is -0.338. The predicted molar refractivity (Wildman–Crippen MR) is 58.3 cm³/mol. The molecule has 0 atom stereocenters. The van der Waals surface area contributed by atoms with Gasteiger partial charge in [-0.25, -0.2) is 0 Å². The number of carbonyl (C=O) groups is 1. The van der Waals surface area contributed by atoms with Gasteiger partial charge in [0, 0.05) is 6.42 Å². The number of aromatic hydroxyl groups is 2. The van der Waals surface area contributed by atoms with Crippen LogP contribution in [0.15, 0.2) is 24.8 Å². The van der Waals surface area contributed by atoms with Crippen LogP contribution in [0.4, 0.5) is 0 Å². The third kappa shape index (κ3) is 2.59. The Balaban J connectivity index is 3.02. The maximum Gasteiger partial charge on any atom is 0.168 e. The molecule has 0 aliphatic carbocycles. The molecule has 0 saturated carbocycles. The molecule has 0 aliphatic heterocycles. The molecule has 0 spiro atoms. The van der Waals surface area contributed by atoms with Crippen molar-refractivity contribution in [2.75, 3.05) is 0 Å². The number of aryl methyl sites for hydroxylation is 1. The smallest absolute Gasteiger partial charge is 0.168 e. The average Bonchev–Trinajstić information content (AvgIpc) is 2.19. The van der Waals surface area contributed by atoms with E-state index in [-0.39, 0.29) is 22.8 Å². The van der Waals surface area contributed by atoms with Crippen LogP contribution >= 0.6 is 0 Å². The predicted octanol–water partition coefficient (Wildman–Crippen LogP) is 2.56. The van der Waals surface area contributed by atoms with Crippen molar-refractivity contribution in [2.45, 2.75) is 19.8 Å². The fraction of sp³-hybridized carbons (Fsp3) is 0.250. The molecule has 0 radical (unpaired) electrons. The van der Waals surface area contributed by atoms with Crippen molar-refractivity contribution < 1.29 is 15.0 Å². The van der Waals surface area contributed by atoms with Crippen molar-refractivity contribution in [3.05, 3.63) is 35.9 Å². The fourth-order valence-electron chi connectivity index (χ4n) is 1.34. The first kappa shape index (κ1) is 11.3. The molecule has 0 saturated heterocycles. The summed E-state index contributed by atoms with van der Waals surface area (Å²) in [5, 5.41) is 18.8. The molecule has 0 bridgehead atoms. The van der Waals surface area contributed by atoms with Gasteiger partial charge in [-0.1, -0.05) is 6.08 Å². The van der Waals surface area contributed by atoms with Gasteiger partial charge in [0.1, 0.15) is 0 Å². The van der Waals surface area contributed by atoms with Crippen molar-refractivity contribution in [2.24, 2.45) is 0 Å². The van der Waals surface area contributed by atoms with Gasteiger partial charge in [0.2, 0.25) is 0 Å². The van der Waals surface area contributed by atoms with Gasteiger partial charge in [0.05, 0.1) is 5.56 Å².